The SMILES string of the molecule is C/C(=C\CCC1(C)CCc2c(C)c(N=O)c(C)c(C)c2O1)CCCC(C)CCCC(C)C. The van der Waals surface area contributed by atoms with Gasteiger partial charge in [0.2, 0.25) is 0 Å². The minimum Gasteiger partial charge on any atom is -0.487 e. The normalized spacial score (nSPS) is 19.6. The number of rotatable bonds is 12. The molecule has 0 amide bonds. The maximum Gasteiger partial charge on any atom is 0.126 e. The topological polar surface area (TPSA) is 38.7 Å². The first-order valence-electron chi connectivity index (χ1n) is 12.9. The Morgan fingerprint density at radius 3 is 2.41 bits per heavy atom. The van der Waals surface area contributed by atoms with Crippen molar-refractivity contribution in [2.75, 3.05) is 0 Å². The first kappa shape index (κ1) is 26.6. The molecule has 3 nitrogen and oxygen atoms in total. The minimum atomic E-state index is -0.144. The molecule has 0 fully saturated rings. The highest BCUT2D eigenvalue weighted by Gasteiger charge is 2.34. The van der Waals surface area contributed by atoms with E-state index in [1.165, 1.54) is 49.7 Å². The number of hydrogen-bond donors (Lipinski definition) is 0. The summed E-state index contributed by atoms with van der Waals surface area (Å²) in [5, 5.41) is 3.29. The van der Waals surface area contributed by atoms with Crippen molar-refractivity contribution in [2.45, 2.75) is 125 Å². The molecular weight excluding hydrogens is 394 g/mol. The highest BCUT2D eigenvalue weighted by atomic mass is 16.5. The van der Waals surface area contributed by atoms with Gasteiger partial charge >= 0.3 is 0 Å². The Bertz CT molecular complexity index is 808. The van der Waals surface area contributed by atoms with Crippen LogP contribution in [0.3, 0.4) is 0 Å². The van der Waals surface area contributed by atoms with Crippen LogP contribution in [0, 0.1) is 37.5 Å². The van der Waals surface area contributed by atoms with Gasteiger partial charge in [-0.2, -0.15) is 0 Å². The summed E-state index contributed by atoms with van der Waals surface area (Å²) in [5.74, 6) is 2.67. The summed E-state index contributed by atoms with van der Waals surface area (Å²) < 4.78 is 6.59. The molecule has 1 aliphatic heterocycles. The van der Waals surface area contributed by atoms with Crippen molar-refractivity contribution in [3.63, 3.8) is 0 Å². The van der Waals surface area contributed by atoms with Gasteiger partial charge in [0.25, 0.3) is 0 Å². The summed E-state index contributed by atoms with van der Waals surface area (Å²) in [6, 6.07) is 0. The molecule has 3 heteroatoms. The summed E-state index contributed by atoms with van der Waals surface area (Å²) in [6.45, 7) is 17.6. The predicted molar refractivity (Wildman–Crippen MR) is 138 cm³/mol. The van der Waals surface area contributed by atoms with E-state index < -0.39 is 0 Å². The van der Waals surface area contributed by atoms with Crippen molar-refractivity contribution in [3.8, 4) is 5.75 Å². The van der Waals surface area contributed by atoms with Crippen molar-refractivity contribution in [1.29, 1.82) is 0 Å². The van der Waals surface area contributed by atoms with Crippen molar-refractivity contribution >= 4 is 5.69 Å². The van der Waals surface area contributed by atoms with Crippen LogP contribution in [-0.2, 0) is 6.42 Å². The van der Waals surface area contributed by atoms with Gasteiger partial charge in [0.1, 0.15) is 17.0 Å². The Balaban J connectivity index is 1.84. The van der Waals surface area contributed by atoms with Crippen LogP contribution in [0.2, 0.25) is 0 Å². The van der Waals surface area contributed by atoms with E-state index in [4.69, 9.17) is 4.74 Å². The molecule has 0 saturated carbocycles. The third-order valence-electron chi connectivity index (χ3n) is 7.60. The minimum absolute atomic E-state index is 0.144. The van der Waals surface area contributed by atoms with Crippen LogP contribution < -0.4 is 4.74 Å². The number of benzene rings is 1. The molecule has 1 aromatic carbocycles. The van der Waals surface area contributed by atoms with Crippen LogP contribution in [0.25, 0.3) is 0 Å². The summed E-state index contributed by atoms with van der Waals surface area (Å²) in [6.07, 6.45) is 14.4. The monoisotopic (exact) mass is 441 g/mol. The molecule has 2 rings (SSSR count). The lowest BCUT2D eigenvalue weighted by Crippen LogP contribution is -2.37. The molecule has 1 aromatic rings. The lowest BCUT2D eigenvalue weighted by atomic mass is 9.84. The lowest BCUT2D eigenvalue weighted by molar-refractivity contribution is 0.0560. The second kappa shape index (κ2) is 12.0. The molecule has 2 atom stereocenters. The van der Waals surface area contributed by atoms with Gasteiger partial charge in [0.05, 0.1) is 0 Å². The Labute approximate surface area is 197 Å². The first-order valence-corrected chi connectivity index (χ1v) is 12.9. The van der Waals surface area contributed by atoms with E-state index in [-0.39, 0.29) is 5.60 Å². The quantitative estimate of drug-likeness (QED) is 0.239. The maximum absolute atomic E-state index is 11.3. The zero-order chi connectivity index (χ0) is 23.9. The molecule has 0 bridgehead atoms. The fraction of sp³-hybridized carbons (Fsp3) is 0.724. The van der Waals surface area contributed by atoms with Gasteiger partial charge in [-0.15, -0.1) is 4.91 Å². The van der Waals surface area contributed by atoms with E-state index >= 15 is 0 Å². The Morgan fingerprint density at radius 2 is 1.75 bits per heavy atom. The van der Waals surface area contributed by atoms with Crippen LogP contribution in [0.1, 0.15) is 115 Å². The molecule has 1 aliphatic rings. The van der Waals surface area contributed by atoms with Crippen molar-refractivity contribution in [3.05, 3.63) is 38.8 Å². The van der Waals surface area contributed by atoms with Crippen molar-refractivity contribution in [1.82, 2.24) is 0 Å². The van der Waals surface area contributed by atoms with Crippen molar-refractivity contribution < 1.29 is 4.74 Å². The summed E-state index contributed by atoms with van der Waals surface area (Å²) in [4.78, 5) is 11.3. The average Bonchev–Trinajstić information content (AvgIpc) is 2.72. The van der Waals surface area contributed by atoms with Crippen molar-refractivity contribution in [2.24, 2.45) is 17.0 Å². The average molecular weight is 442 g/mol. The van der Waals surface area contributed by atoms with E-state index in [0.29, 0.717) is 5.69 Å². The molecule has 0 radical (unpaired) electrons. The Hall–Kier alpha value is -1.64. The Kier molecular flexibility index (Phi) is 9.98. The summed E-state index contributed by atoms with van der Waals surface area (Å²) >= 11 is 0. The van der Waals surface area contributed by atoms with E-state index in [0.717, 1.165) is 60.0 Å². The second-order valence-electron chi connectivity index (χ2n) is 11.1. The molecule has 0 aromatic heterocycles. The summed E-state index contributed by atoms with van der Waals surface area (Å²) in [5.41, 5.74) is 6.16. The van der Waals surface area contributed by atoms with E-state index in [1.807, 2.05) is 13.8 Å². The number of allylic oxidation sites excluding steroid dienone is 2. The third-order valence-corrected chi connectivity index (χ3v) is 7.60. The van der Waals surface area contributed by atoms with Gasteiger partial charge in [-0.05, 0) is 112 Å². The van der Waals surface area contributed by atoms with Crippen LogP contribution in [0.15, 0.2) is 16.8 Å². The maximum atomic E-state index is 11.3. The van der Waals surface area contributed by atoms with E-state index in [9.17, 15) is 4.91 Å². The molecular formula is C29H47NO2. The first-order chi connectivity index (χ1) is 15.1. The van der Waals surface area contributed by atoms with E-state index in [1.54, 1.807) is 0 Å². The largest absolute Gasteiger partial charge is 0.487 e. The van der Waals surface area contributed by atoms with Crippen LogP contribution >= 0.6 is 0 Å². The fourth-order valence-electron chi connectivity index (χ4n) is 5.08. The zero-order valence-electron chi connectivity index (χ0n) is 22.1. The fourth-order valence-corrected chi connectivity index (χ4v) is 5.08. The lowest BCUT2D eigenvalue weighted by Gasteiger charge is -2.38. The molecule has 0 spiro atoms. The standard InChI is InChI=1S/C29H47NO2/c1-20(2)12-9-13-21(3)14-10-15-22(4)16-11-18-29(8)19-17-26-25(7)27(30-31)23(5)24(6)28(26)32-29/h16,20-21H,9-15,17-19H2,1-8H3/b22-16+. The molecule has 0 saturated heterocycles. The molecule has 0 N–H and O–H groups in total. The van der Waals surface area contributed by atoms with E-state index in [2.05, 4.69) is 52.8 Å². The summed E-state index contributed by atoms with van der Waals surface area (Å²) in [7, 11) is 0. The number of nitroso groups, excluding NO2 is 1. The van der Waals surface area contributed by atoms with Crippen LogP contribution in [-0.4, -0.2) is 5.60 Å². The predicted octanol–water partition coefficient (Wildman–Crippen LogP) is 9.45. The Morgan fingerprint density at radius 1 is 1.06 bits per heavy atom. The molecule has 1 heterocycles. The van der Waals surface area contributed by atoms with Gasteiger partial charge in [-0.25, -0.2) is 0 Å². The second-order valence-corrected chi connectivity index (χ2v) is 11.1. The van der Waals surface area contributed by atoms with Gasteiger partial charge in [0.15, 0.2) is 0 Å². The van der Waals surface area contributed by atoms with Crippen LogP contribution in [0.4, 0.5) is 5.69 Å². The number of ether oxygens (including phenoxy) is 1. The molecule has 32 heavy (non-hydrogen) atoms. The third kappa shape index (κ3) is 7.18. The van der Waals surface area contributed by atoms with Gasteiger partial charge in [-0.3, -0.25) is 0 Å². The van der Waals surface area contributed by atoms with Gasteiger partial charge in [0, 0.05) is 0 Å². The molecule has 0 aliphatic carbocycles. The smallest absolute Gasteiger partial charge is 0.126 e. The highest BCUT2D eigenvalue weighted by Crippen LogP contribution is 2.44. The number of fused-ring (bicyclic) bond motifs is 1. The molecule has 2 unspecified atom stereocenters. The number of hydrogen-bond acceptors (Lipinski definition) is 3. The number of nitrogens with zero attached hydrogens (tertiary/aromatic N) is 1. The zero-order valence-corrected chi connectivity index (χ0v) is 22.1. The van der Waals surface area contributed by atoms with Crippen LogP contribution in [0.5, 0.6) is 5.75 Å². The molecule has 180 valence electrons. The van der Waals surface area contributed by atoms with Gasteiger partial charge < -0.3 is 4.74 Å². The highest BCUT2D eigenvalue weighted by molar-refractivity contribution is 5.65. The van der Waals surface area contributed by atoms with Gasteiger partial charge in [-0.1, -0.05) is 58.1 Å².